The van der Waals surface area contributed by atoms with Crippen LogP contribution < -0.4 is 0 Å². The van der Waals surface area contributed by atoms with Gasteiger partial charge in [-0.05, 0) is 32.1 Å². The first-order valence-corrected chi connectivity index (χ1v) is 6.71. The van der Waals surface area contributed by atoms with Gasteiger partial charge in [-0.3, -0.25) is 0 Å². The maximum atomic E-state index is 10.6. The minimum Gasteiger partial charge on any atom is -0.478 e. The Morgan fingerprint density at radius 1 is 1.15 bits per heavy atom. The molecular weight excluding hydrogens is 256 g/mol. The fourth-order valence-corrected chi connectivity index (χ4v) is 0.889. The van der Waals surface area contributed by atoms with Crippen LogP contribution >= 0.6 is 0 Å². The Kier molecular flexibility index (Phi) is 8.88. The van der Waals surface area contributed by atoms with Gasteiger partial charge >= 0.3 is 11.9 Å². The Labute approximate surface area is 122 Å². The van der Waals surface area contributed by atoms with E-state index in [0.717, 1.165) is 12.8 Å². The van der Waals surface area contributed by atoms with Crippen LogP contribution in [0.2, 0.25) is 0 Å². The number of carbonyl (C=O) groups excluding carboxylic acids is 1. The van der Waals surface area contributed by atoms with Gasteiger partial charge in [0.05, 0.1) is 0 Å². The second-order valence-corrected chi connectivity index (χ2v) is 5.76. The van der Waals surface area contributed by atoms with Crippen LogP contribution in [-0.2, 0) is 14.3 Å². The summed E-state index contributed by atoms with van der Waals surface area (Å²) in [6.45, 7) is 18.2. The van der Waals surface area contributed by atoms with Crippen LogP contribution in [0.4, 0.5) is 0 Å². The van der Waals surface area contributed by atoms with Crippen molar-refractivity contribution >= 4 is 11.9 Å². The maximum Gasteiger partial charge on any atom is 0.331 e. The number of hydrogen-bond acceptors (Lipinski definition) is 3. The molecule has 0 atom stereocenters. The molecule has 0 amide bonds. The molecule has 0 saturated heterocycles. The second kappa shape index (κ2) is 8.56. The highest BCUT2D eigenvalue weighted by Gasteiger charge is 2.24. The Morgan fingerprint density at radius 3 is 1.80 bits per heavy atom. The predicted molar refractivity (Wildman–Crippen MR) is 81.5 cm³/mol. The highest BCUT2D eigenvalue weighted by atomic mass is 16.6. The fourth-order valence-electron chi connectivity index (χ4n) is 0.889. The van der Waals surface area contributed by atoms with Crippen molar-refractivity contribution < 1.29 is 19.4 Å². The van der Waals surface area contributed by atoms with Crippen molar-refractivity contribution in [2.45, 2.75) is 60.0 Å². The summed E-state index contributed by atoms with van der Waals surface area (Å²) < 4.78 is 4.98. The smallest absolute Gasteiger partial charge is 0.331 e. The molecule has 116 valence electrons. The number of carboxylic acid groups (broad SMARTS) is 1. The number of aliphatic carboxylic acids is 1. The zero-order valence-electron chi connectivity index (χ0n) is 13.6. The maximum absolute atomic E-state index is 10.6. The van der Waals surface area contributed by atoms with Gasteiger partial charge in [0.25, 0.3) is 0 Å². The summed E-state index contributed by atoms with van der Waals surface area (Å²) in [4.78, 5) is 21.1. The van der Waals surface area contributed by atoms with Crippen molar-refractivity contribution in [3.05, 3.63) is 24.8 Å². The predicted octanol–water partition coefficient (Wildman–Crippen LogP) is 3.97. The highest BCUT2D eigenvalue weighted by molar-refractivity contribution is 5.87. The van der Waals surface area contributed by atoms with E-state index >= 15 is 0 Å². The van der Waals surface area contributed by atoms with Gasteiger partial charge in [0, 0.05) is 11.6 Å². The molecule has 0 aromatic heterocycles. The number of ether oxygens (including phenoxy) is 1. The Balaban J connectivity index is 0. The molecule has 0 radical (unpaired) electrons. The van der Waals surface area contributed by atoms with Gasteiger partial charge in [-0.2, -0.15) is 0 Å². The molecule has 0 aliphatic rings. The van der Waals surface area contributed by atoms with E-state index in [-0.39, 0.29) is 22.6 Å². The number of rotatable bonds is 6. The van der Waals surface area contributed by atoms with Gasteiger partial charge in [-0.1, -0.05) is 40.9 Å². The van der Waals surface area contributed by atoms with Crippen molar-refractivity contribution in [3.8, 4) is 0 Å². The summed E-state index contributed by atoms with van der Waals surface area (Å²) in [6, 6.07) is 0. The zero-order chi connectivity index (χ0) is 16.6. The first-order chi connectivity index (χ1) is 8.93. The standard InChI is InChI=1S/2C8H14O2/c1-5-8(3,4)6(2)7(9)10;1-5-7(9)10-8(3,4)6-2/h2,5H2,1,3-4H3,(H,9,10);5H,1,6H2,2-4H3. The van der Waals surface area contributed by atoms with E-state index in [0.29, 0.717) is 0 Å². The lowest BCUT2D eigenvalue weighted by atomic mass is 9.83. The third-order valence-electron chi connectivity index (χ3n) is 3.35. The lowest BCUT2D eigenvalue weighted by Gasteiger charge is -2.21. The van der Waals surface area contributed by atoms with E-state index in [1.54, 1.807) is 0 Å². The third-order valence-corrected chi connectivity index (χ3v) is 3.35. The quantitative estimate of drug-likeness (QED) is 0.592. The Hall–Kier alpha value is -1.58. The van der Waals surface area contributed by atoms with Crippen LogP contribution in [0.1, 0.15) is 54.4 Å². The van der Waals surface area contributed by atoms with Gasteiger partial charge in [0.15, 0.2) is 0 Å². The largest absolute Gasteiger partial charge is 0.478 e. The van der Waals surface area contributed by atoms with Gasteiger partial charge in [0.1, 0.15) is 5.60 Å². The van der Waals surface area contributed by atoms with Crippen LogP contribution in [0, 0.1) is 5.41 Å². The topological polar surface area (TPSA) is 63.6 Å². The fraction of sp³-hybridized carbons (Fsp3) is 0.625. The number of esters is 1. The third kappa shape index (κ3) is 8.51. The molecule has 0 bridgehead atoms. The second-order valence-electron chi connectivity index (χ2n) is 5.76. The average molecular weight is 284 g/mol. The first kappa shape index (κ1) is 20.7. The van der Waals surface area contributed by atoms with Crippen molar-refractivity contribution in [1.82, 2.24) is 0 Å². The molecule has 20 heavy (non-hydrogen) atoms. The number of carbonyl (C=O) groups is 2. The van der Waals surface area contributed by atoms with Crippen molar-refractivity contribution in [1.29, 1.82) is 0 Å². The van der Waals surface area contributed by atoms with Crippen LogP contribution in [0.15, 0.2) is 24.8 Å². The van der Waals surface area contributed by atoms with Crippen molar-refractivity contribution in [2.75, 3.05) is 0 Å². The molecule has 0 fully saturated rings. The van der Waals surface area contributed by atoms with Crippen molar-refractivity contribution in [2.24, 2.45) is 5.41 Å². The monoisotopic (exact) mass is 284 g/mol. The minimum absolute atomic E-state index is 0.272. The number of carboxylic acids is 1. The summed E-state index contributed by atoms with van der Waals surface area (Å²) in [5.41, 5.74) is -0.341. The molecule has 0 heterocycles. The molecule has 4 nitrogen and oxygen atoms in total. The first-order valence-electron chi connectivity index (χ1n) is 6.71. The average Bonchev–Trinajstić information content (AvgIpc) is 2.37. The van der Waals surface area contributed by atoms with Gasteiger partial charge < -0.3 is 9.84 Å². The summed E-state index contributed by atoms with van der Waals surface area (Å²) in [5, 5.41) is 8.55. The zero-order valence-corrected chi connectivity index (χ0v) is 13.6. The lowest BCUT2D eigenvalue weighted by molar-refractivity contribution is -0.150. The lowest BCUT2D eigenvalue weighted by Crippen LogP contribution is -2.25. The molecule has 0 rings (SSSR count). The van der Waals surface area contributed by atoms with Crippen LogP contribution in [0.5, 0.6) is 0 Å². The molecular formula is C16H28O4. The van der Waals surface area contributed by atoms with Gasteiger partial charge in [-0.15, -0.1) is 0 Å². The van der Waals surface area contributed by atoms with Crippen molar-refractivity contribution in [3.63, 3.8) is 0 Å². The van der Waals surface area contributed by atoms with E-state index in [1.807, 2.05) is 41.5 Å². The summed E-state index contributed by atoms with van der Waals surface area (Å²) in [5.74, 6) is -1.25. The molecule has 0 aromatic carbocycles. The molecule has 1 N–H and O–H groups in total. The Morgan fingerprint density at radius 2 is 1.60 bits per heavy atom. The normalized spacial score (nSPS) is 10.9. The van der Waals surface area contributed by atoms with Crippen LogP contribution in [0.3, 0.4) is 0 Å². The van der Waals surface area contributed by atoms with Gasteiger partial charge in [-0.25, -0.2) is 9.59 Å². The molecule has 4 heteroatoms. The minimum atomic E-state index is -0.896. The molecule has 0 unspecified atom stereocenters. The van der Waals surface area contributed by atoms with E-state index in [9.17, 15) is 9.59 Å². The summed E-state index contributed by atoms with van der Waals surface area (Å²) in [7, 11) is 0. The molecule has 0 aromatic rings. The molecule has 0 saturated carbocycles. The van der Waals surface area contributed by atoms with E-state index in [4.69, 9.17) is 9.84 Å². The summed E-state index contributed by atoms with van der Waals surface area (Å²) >= 11 is 0. The Bertz CT molecular complexity index is 363. The van der Waals surface area contributed by atoms with Crippen LogP contribution in [-0.4, -0.2) is 22.6 Å². The highest BCUT2D eigenvalue weighted by Crippen LogP contribution is 2.28. The number of hydrogen-bond donors (Lipinski definition) is 1. The van der Waals surface area contributed by atoms with E-state index in [1.165, 1.54) is 6.08 Å². The van der Waals surface area contributed by atoms with E-state index < -0.39 is 5.97 Å². The molecule has 0 spiro atoms. The van der Waals surface area contributed by atoms with E-state index in [2.05, 4.69) is 13.2 Å². The van der Waals surface area contributed by atoms with Crippen LogP contribution in [0.25, 0.3) is 0 Å². The van der Waals surface area contributed by atoms with Gasteiger partial charge in [0.2, 0.25) is 0 Å². The summed E-state index contributed by atoms with van der Waals surface area (Å²) in [6.07, 6.45) is 2.79. The molecule has 0 aliphatic carbocycles. The SMILES string of the molecule is C=C(C(=O)O)C(C)(C)CC.C=CC(=O)OC(C)(C)CC. The molecule has 0 aliphatic heterocycles.